The first-order chi connectivity index (χ1) is 18.1. The summed E-state index contributed by atoms with van der Waals surface area (Å²) < 4.78 is 27.5. The number of hydrogen-bond acceptors (Lipinski definition) is 10. The third-order valence-corrected chi connectivity index (χ3v) is 8.48. The first kappa shape index (κ1) is 24.5. The van der Waals surface area contributed by atoms with E-state index >= 15 is 4.39 Å². The maximum atomic E-state index is 16.2. The summed E-state index contributed by atoms with van der Waals surface area (Å²) in [6.07, 6.45) is -1.24. The molecule has 3 fully saturated rings. The quantitative estimate of drug-likeness (QED) is 0.253. The van der Waals surface area contributed by atoms with Crippen molar-refractivity contribution in [2.75, 3.05) is 29.4 Å². The molecule has 1 spiro atoms. The zero-order valence-electron chi connectivity index (χ0n) is 20.1. The summed E-state index contributed by atoms with van der Waals surface area (Å²) in [5, 5.41) is 11.4. The zero-order valence-corrected chi connectivity index (χ0v) is 21.0. The van der Waals surface area contributed by atoms with Crippen LogP contribution < -0.4 is 20.4 Å². The lowest BCUT2D eigenvalue weighted by molar-refractivity contribution is -0.153. The minimum atomic E-state index is -1.78. The minimum absolute atomic E-state index is 0.0789. The van der Waals surface area contributed by atoms with E-state index in [1.165, 1.54) is 4.90 Å². The number of thioether (sulfide) groups is 1. The number of anilines is 2. The van der Waals surface area contributed by atoms with E-state index in [0.717, 1.165) is 11.8 Å². The molecule has 4 atom stereocenters. The van der Waals surface area contributed by atoms with E-state index in [9.17, 15) is 19.2 Å². The number of urea groups is 1. The molecule has 0 unspecified atom stereocenters. The summed E-state index contributed by atoms with van der Waals surface area (Å²) in [6, 6.07) is -0.270. The van der Waals surface area contributed by atoms with Gasteiger partial charge in [0.2, 0.25) is 17.4 Å². The molecule has 16 heteroatoms. The number of aromatic nitrogens is 1. The first-order valence-corrected chi connectivity index (χ1v) is 12.7. The second-order valence-corrected chi connectivity index (χ2v) is 11.0. The van der Waals surface area contributed by atoms with Crippen molar-refractivity contribution in [1.82, 2.24) is 15.8 Å². The van der Waals surface area contributed by atoms with E-state index in [-0.39, 0.29) is 65.1 Å². The molecule has 38 heavy (non-hydrogen) atoms. The van der Waals surface area contributed by atoms with Gasteiger partial charge in [0, 0.05) is 36.2 Å². The van der Waals surface area contributed by atoms with E-state index in [2.05, 4.69) is 25.8 Å². The van der Waals surface area contributed by atoms with Crippen LogP contribution in [0.25, 0.3) is 21.4 Å². The number of morpholine rings is 1. The highest BCUT2D eigenvalue weighted by Gasteiger charge is 2.63. The Balaban J connectivity index is 1.50. The summed E-state index contributed by atoms with van der Waals surface area (Å²) in [4.78, 5) is 56.9. The van der Waals surface area contributed by atoms with Crippen molar-refractivity contribution in [3.8, 4) is 0 Å². The molecule has 6 rings (SSSR count). The van der Waals surface area contributed by atoms with Crippen LogP contribution in [0.15, 0.2) is 15.7 Å². The normalized spacial score (nSPS) is 28.2. The number of rotatable bonds is 3. The number of carbonyl (C=O) groups is 4. The van der Waals surface area contributed by atoms with E-state index in [0.29, 0.717) is 5.56 Å². The number of nitrogens with zero attached hydrogens (tertiary/aromatic N) is 6. The number of amides is 5. The van der Waals surface area contributed by atoms with Gasteiger partial charge in [-0.2, -0.15) is 0 Å². The average molecular weight is 545 g/mol. The van der Waals surface area contributed by atoms with Gasteiger partial charge in [-0.05, 0) is 31.0 Å². The molecule has 0 aliphatic carbocycles. The van der Waals surface area contributed by atoms with Crippen molar-refractivity contribution in [1.29, 1.82) is 0 Å². The van der Waals surface area contributed by atoms with Gasteiger partial charge in [0.25, 0.3) is 5.24 Å². The molecule has 0 bridgehead atoms. The van der Waals surface area contributed by atoms with Gasteiger partial charge in [-0.1, -0.05) is 22.0 Å². The molecule has 1 aromatic heterocycles. The van der Waals surface area contributed by atoms with Crippen LogP contribution >= 0.6 is 11.8 Å². The number of nitrogens with one attached hydrogen (secondary N) is 2. The number of benzene rings is 1. The Hall–Kier alpha value is -3.88. The first-order valence-electron chi connectivity index (χ1n) is 11.8. The van der Waals surface area contributed by atoms with Gasteiger partial charge in [0.1, 0.15) is 0 Å². The third kappa shape index (κ3) is 3.37. The van der Waals surface area contributed by atoms with Crippen LogP contribution in [0.1, 0.15) is 19.4 Å². The number of ether oxygens (including phenoxy) is 1. The van der Waals surface area contributed by atoms with Gasteiger partial charge < -0.3 is 14.2 Å². The molecule has 2 N–H and O–H groups in total. The molecule has 14 nitrogen and oxygen atoms in total. The Morgan fingerprint density at radius 3 is 2.71 bits per heavy atom. The molecule has 1 aromatic carbocycles. The fourth-order valence-corrected chi connectivity index (χ4v) is 6.99. The molecule has 5 amide bonds. The number of azide groups is 1. The van der Waals surface area contributed by atoms with Crippen LogP contribution in [-0.2, 0) is 20.7 Å². The maximum absolute atomic E-state index is 16.2. The fourth-order valence-electron chi connectivity index (χ4n) is 6.05. The Bertz CT molecular complexity index is 1450. The predicted molar refractivity (Wildman–Crippen MR) is 131 cm³/mol. The molecular weight excluding hydrogens is 523 g/mol. The van der Waals surface area contributed by atoms with Crippen molar-refractivity contribution in [3.05, 3.63) is 27.9 Å². The molecule has 4 aliphatic rings. The highest BCUT2D eigenvalue weighted by Crippen LogP contribution is 2.50. The Morgan fingerprint density at radius 2 is 2.00 bits per heavy atom. The van der Waals surface area contributed by atoms with Crippen molar-refractivity contribution in [3.63, 3.8) is 0 Å². The lowest BCUT2D eigenvalue weighted by atomic mass is 9.66. The molecule has 198 valence electrons. The van der Waals surface area contributed by atoms with Crippen molar-refractivity contribution in [2.24, 2.45) is 10.5 Å². The van der Waals surface area contributed by atoms with E-state index in [1.807, 2.05) is 0 Å². The van der Waals surface area contributed by atoms with Gasteiger partial charge in [-0.15, -0.1) is 0 Å². The average Bonchev–Trinajstić information content (AvgIpc) is 3.43. The summed E-state index contributed by atoms with van der Waals surface area (Å²) in [6.45, 7) is 3.92. The second-order valence-electron chi connectivity index (χ2n) is 9.75. The van der Waals surface area contributed by atoms with Crippen molar-refractivity contribution in [2.45, 2.75) is 43.8 Å². The van der Waals surface area contributed by atoms with Crippen LogP contribution in [0.3, 0.4) is 0 Å². The van der Waals surface area contributed by atoms with Crippen molar-refractivity contribution >= 4 is 57.3 Å². The number of fused-ring (bicyclic) bond motifs is 5. The van der Waals surface area contributed by atoms with Crippen LogP contribution in [0.4, 0.5) is 25.5 Å². The lowest BCUT2D eigenvalue weighted by Gasteiger charge is -2.55. The largest absolute Gasteiger partial charge is 0.372 e. The van der Waals surface area contributed by atoms with Crippen LogP contribution in [0.2, 0.25) is 0 Å². The van der Waals surface area contributed by atoms with Gasteiger partial charge in [0.15, 0.2) is 17.1 Å². The standard InChI is InChI=1S/C22H21FN8O6S/c1-8-6-30-14-10(4-22(16(30)9(2)36-8)18(32)26-20(34)27-19(22)33)3-12-15(13(14)23)37-28-17(12)31-7-11(5-25-29-24)38-21(31)35/h3,8-9,11,16H,4-7H2,1-2H3,(H2,26,27,32,33,34)/t8-,9+,11+,16-/m1/s1. The zero-order chi connectivity index (χ0) is 26.9. The summed E-state index contributed by atoms with van der Waals surface area (Å²) in [5.41, 5.74) is 7.11. The third-order valence-electron chi connectivity index (χ3n) is 7.42. The molecule has 0 saturated carbocycles. The molecular formula is C22H21FN8O6S. The van der Waals surface area contributed by atoms with E-state index in [1.54, 1.807) is 24.8 Å². The summed E-state index contributed by atoms with van der Waals surface area (Å²) in [7, 11) is 0. The van der Waals surface area contributed by atoms with Gasteiger partial charge in [0.05, 0.1) is 29.3 Å². The smallest absolute Gasteiger partial charge is 0.328 e. The highest BCUT2D eigenvalue weighted by molar-refractivity contribution is 8.14. The maximum Gasteiger partial charge on any atom is 0.328 e. The van der Waals surface area contributed by atoms with Crippen LogP contribution in [0, 0.1) is 11.2 Å². The number of imide groups is 2. The Kier molecular flexibility index (Phi) is 5.52. The number of barbiturate groups is 1. The summed E-state index contributed by atoms with van der Waals surface area (Å²) in [5.74, 6) is -2.25. The Morgan fingerprint density at radius 1 is 1.26 bits per heavy atom. The monoisotopic (exact) mass is 544 g/mol. The molecule has 0 radical (unpaired) electrons. The number of halogens is 1. The fraction of sp³-hybridized carbons (Fsp3) is 0.500. The topological polar surface area (TPSA) is 183 Å². The van der Waals surface area contributed by atoms with Crippen LogP contribution in [0.5, 0.6) is 0 Å². The van der Waals surface area contributed by atoms with Crippen molar-refractivity contribution < 1.29 is 32.8 Å². The molecule has 2 aromatic rings. The molecule has 4 aliphatic heterocycles. The molecule has 3 saturated heterocycles. The van der Waals surface area contributed by atoms with E-state index in [4.69, 9.17) is 14.8 Å². The van der Waals surface area contributed by atoms with E-state index < -0.39 is 41.2 Å². The minimum Gasteiger partial charge on any atom is -0.372 e. The second kappa shape index (κ2) is 8.58. The predicted octanol–water partition coefficient (Wildman–Crippen LogP) is 2.21. The molecule has 5 heterocycles. The number of hydrogen-bond donors (Lipinski definition) is 2. The Labute approximate surface area is 217 Å². The SMILES string of the molecule is C[C@@H]1CN2c3c(cc4c(N5C[C@H](CN=[N+]=[N-])SC5=O)noc4c3F)CC3(C(=O)NC(=O)NC3=O)[C@H]2[C@H](C)O1. The highest BCUT2D eigenvalue weighted by atomic mass is 32.2. The lowest BCUT2D eigenvalue weighted by Crippen LogP contribution is -2.75. The van der Waals surface area contributed by atoms with Gasteiger partial charge in [-0.25, -0.2) is 9.18 Å². The van der Waals surface area contributed by atoms with Gasteiger partial charge >= 0.3 is 6.03 Å². The van der Waals surface area contributed by atoms with Crippen LogP contribution in [-0.4, -0.2) is 71.4 Å². The number of carbonyl (C=O) groups excluding carboxylic acids is 4. The van der Waals surface area contributed by atoms with Gasteiger partial charge in [-0.3, -0.25) is 29.9 Å². The summed E-state index contributed by atoms with van der Waals surface area (Å²) >= 11 is 0.974.